The maximum Gasteiger partial charge on any atom is 0.261 e. The molecule has 3 aromatic rings. The lowest BCUT2D eigenvalue weighted by Crippen LogP contribution is -2.32. The molecule has 5 nitrogen and oxygen atoms in total. The van der Waals surface area contributed by atoms with Crippen molar-refractivity contribution in [2.45, 2.75) is 26.3 Å². The fourth-order valence-electron chi connectivity index (χ4n) is 3.78. The fraction of sp³-hybridized carbons (Fsp3) is 0.364. The first-order valence-electron chi connectivity index (χ1n) is 9.28. The Morgan fingerprint density at radius 2 is 2.11 bits per heavy atom. The Morgan fingerprint density at radius 1 is 1.33 bits per heavy atom. The van der Waals surface area contributed by atoms with Gasteiger partial charge in [0, 0.05) is 36.6 Å². The lowest BCUT2D eigenvalue weighted by molar-refractivity contribution is 0.187. The minimum absolute atomic E-state index is 0.0411. The van der Waals surface area contributed by atoms with Crippen LogP contribution in [0.3, 0.4) is 0 Å². The van der Waals surface area contributed by atoms with E-state index in [1.165, 1.54) is 0 Å². The molecule has 5 heteroatoms. The first-order chi connectivity index (χ1) is 13.0. The summed E-state index contributed by atoms with van der Waals surface area (Å²) >= 11 is 0. The second kappa shape index (κ2) is 7.05. The van der Waals surface area contributed by atoms with E-state index < -0.39 is 0 Å². The van der Waals surface area contributed by atoms with Crippen molar-refractivity contribution >= 4 is 11.0 Å². The number of fused-ring (bicyclic) bond motifs is 1. The Balaban J connectivity index is 1.71. The first kappa shape index (κ1) is 17.6. The summed E-state index contributed by atoms with van der Waals surface area (Å²) in [5.41, 5.74) is 3.45. The minimum Gasteiger partial charge on any atom is -0.459 e. The Bertz CT molecular complexity index is 1080. The van der Waals surface area contributed by atoms with Crippen LogP contribution in [0.15, 0.2) is 39.8 Å². The van der Waals surface area contributed by atoms with Crippen LogP contribution in [-0.2, 0) is 13.6 Å². The molecule has 27 heavy (non-hydrogen) atoms. The van der Waals surface area contributed by atoms with Crippen molar-refractivity contribution in [1.82, 2.24) is 14.5 Å². The maximum absolute atomic E-state index is 12.6. The largest absolute Gasteiger partial charge is 0.459 e. The van der Waals surface area contributed by atoms with E-state index >= 15 is 0 Å². The van der Waals surface area contributed by atoms with Crippen molar-refractivity contribution in [3.05, 3.63) is 52.4 Å². The monoisotopic (exact) mass is 361 g/mol. The van der Waals surface area contributed by atoms with Crippen LogP contribution in [0.1, 0.15) is 24.3 Å². The molecule has 1 fully saturated rings. The number of terminal acetylenes is 1. The van der Waals surface area contributed by atoms with Crippen LogP contribution in [0.25, 0.3) is 22.1 Å². The number of pyridine rings is 2. The molecule has 4 rings (SSSR count). The molecule has 1 saturated heterocycles. The van der Waals surface area contributed by atoms with Crippen LogP contribution in [0, 0.1) is 25.2 Å². The molecule has 0 aliphatic carbocycles. The van der Waals surface area contributed by atoms with Crippen LogP contribution in [0.4, 0.5) is 0 Å². The quantitative estimate of drug-likeness (QED) is 0.672. The van der Waals surface area contributed by atoms with Gasteiger partial charge in [-0.15, -0.1) is 12.3 Å². The van der Waals surface area contributed by atoms with E-state index in [1.807, 2.05) is 31.3 Å². The SMILES string of the molecule is C#CC1CCN(Cc2cc3c(=O)n(C)cc(-c4ccnc(C)c4)c3o2)CC1. The van der Waals surface area contributed by atoms with Crippen molar-refractivity contribution in [3.8, 4) is 23.5 Å². The summed E-state index contributed by atoms with van der Waals surface area (Å²) in [7, 11) is 1.77. The number of nitrogens with zero attached hydrogens (tertiary/aromatic N) is 3. The van der Waals surface area contributed by atoms with Crippen LogP contribution in [0.2, 0.25) is 0 Å². The van der Waals surface area contributed by atoms with E-state index in [2.05, 4.69) is 15.8 Å². The van der Waals surface area contributed by atoms with Gasteiger partial charge in [0.25, 0.3) is 5.56 Å². The zero-order valence-electron chi connectivity index (χ0n) is 15.7. The summed E-state index contributed by atoms with van der Waals surface area (Å²) in [5, 5.41) is 0.623. The van der Waals surface area contributed by atoms with Gasteiger partial charge in [-0.2, -0.15) is 0 Å². The average molecular weight is 361 g/mol. The zero-order valence-corrected chi connectivity index (χ0v) is 15.7. The van der Waals surface area contributed by atoms with Gasteiger partial charge in [-0.05, 0) is 56.6 Å². The molecule has 0 aromatic carbocycles. The smallest absolute Gasteiger partial charge is 0.261 e. The van der Waals surface area contributed by atoms with E-state index in [4.69, 9.17) is 10.8 Å². The molecule has 0 bridgehead atoms. The number of hydrogen-bond donors (Lipinski definition) is 0. The molecule has 0 amide bonds. The van der Waals surface area contributed by atoms with E-state index in [9.17, 15) is 4.79 Å². The summed E-state index contributed by atoms with van der Waals surface area (Å²) in [5.74, 6) is 4.05. The van der Waals surface area contributed by atoms with Gasteiger partial charge in [-0.1, -0.05) is 0 Å². The second-order valence-corrected chi connectivity index (χ2v) is 7.32. The first-order valence-corrected chi connectivity index (χ1v) is 9.28. The molecule has 4 heterocycles. The number of furan rings is 1. The highest BCUT2D eigenvalue weighted by Crippen LogP contribution is 2.30. The van der Waals surface area contributed by atoms with Crippen molar-refractivity contribution in [2.24, 2.45) is 13.0 Å². The van der Waals surface area contributed by atoms with Crippen molar-refractivity contribution in [1.29, 1.82) is 0 Å². The van der Waals surface area contributed by atoms with E-state index in [0.29, 0.717) is 23.4 Å². The molecule has 1 aliphatic rings. The highest BCUT2D eigenvalue weighted by atomic mass is 16.3. The Hall–Kier alpha value is -2.84. The van der Waals surface area contributed by atoms with Gasteiger partial charge in [-0.25, -0.2) is 0 Å². The number of aromatic nitrogens is 2. The molecule has 1 aliphatic heterocycles. The van der Waals surface area contributed by atoms with Crippen LogP contribution in [0.5, 0.6) is 0 Å². The molecule has 0 radical (unpaired) electrons. The van der Waals surface area contributed by atoms with Crippen LogP contribution < -0.4 is 5.56 Å². The third-order valence-corrected chi connectivity index (χ3v) is 5.31. The summed E-state index contributed by atoms with van der Waals surface area (Å²) in [6.45, 7) is 4.57. The van der Waals surface area contributed by atoms with Crippen molar-refractivity contribution in [2.75, 3.05) is 13.1 Å². The highest BCUT2D eigenvalue weighted by molar-refractivity contribution is 5.91. The van der Waals surface area contributed by atoms with Crippen LogP contribution >= 0.6 is 0 Å². The molecule has 0 spiro atoms. The normalized spacial score (nSPS) is 15.9. The van der Waals surface area contributed by atoms with Gasteiger partial charge in [0.05, 0.1) is 11.9 Å². The summed E-state index contributed by atoms with van der Waals surface area (Å²) in [6, 6.07) is 5.84. The molecule has 0 N–H and O–H groups in total. The minimum atomic E-state index is -0.0411. The molecule has 0 saturated carbocycles. The lowest BCUT2D eigenvalue weighted by Gasteiger charge is -2.28. The van der Waals surface area contributed by atoms with Gasteiger partial charge in [-0.3, -0.25) is 14.7 Å². The lowest BCUT2D eigenvalue weighted by atomic mass is 9.98. The summed E-state index contributed by atoms with van der Waals surface area (Å²) < 4.78 is 7.79. The molecular weight excluding hydrogens is 338 g/mol. The predicted octanol–water partition coefficient (Wildman–Crippen LogP) is 3.35. The number of likely N-dealkylation sites (tertiary alicyclic amines) is 1. The Kier molecular flexibility index (Phi) is 4.59. The fourth-order valence-corrected chi connectivity index (χ4v) is 3.78. The highest BCUT2D eigenvalue weighted by Gasteiger charge is 2.20. The predicted molar refractivity (Wildman–Crippen MR) is 106 cm³/mol. The molecule has 3 aromatic heterocycles. The number of piperidine rings is 1. The van der Waals surface area contributed by atoms with E-state index in [1.54, 1.807) is 17.8 Å². The number of rotatable bonds is 3. The van der Waals surface area contributed by atoms with Gasteiger partial charge in [0.1, 0.15) is 11.3 Å². The third kappa shape index (κ3) is 3.41. The summed E-state index contributed by atoms with van der Waals surface area (Å²) in [4.78, 5) is 19.2. The average Bonchev–Trinajstić information content (AvgIpc) is 3.09. The molecule has 138 valence electrons. The maximum atomic E-state index is 12.6. The number of hydrogen-bond acceptors (Lipinski definition) is 4. The Labute approximate surface area is 158 Å². The van der Waals surface area contributed by atoms with Gasteiger partial charge in [0.2, 0.25) is 0 Å². The van der Waals surface area contributed by atoms with Gasteiger partial charge < -0.3 is 8.98 Å². The second-order valence-electron chi connectivity index (χ2n) is 7.32. The zero-order chi connectivity index (χ0) is 19.0. The topological polar surface area (TPSA) is 51.3 Å². The standard InChI is InChI=1S/C22H23N3O2/c1-4-16-6-9-25(10-7-16)13-18-12-19-21(27-18)20(14-24(3)22(19)26)17-5-8-23-15(2)11-17/h1,5,8,11-12,14,16H,6-7,9-10,13H2,2-3H3. The molecular formula is C22H23N3O2. The van der Waals surface area contributed by atoms with Gasteiger partial charge in [0.15, 0.2) is 0 Å². The molecule has 0 unspecified atom stereocenters. The number of aryl methyl sites for hydroxylation is 2. The van der Waals surface area contributed by atoms with Gasteiger partial charge >= 0.3 is 0 Å². The van der Waals surface area contributed by atoms with Crippen LogP contribution in [-0.4, -0.2) is 27.5 Å². The van der Waals surface area contributed by atoms with Crippen molar-refractivity contribution < 1.29 is 4.42 Å². The molecule has 0 atom stereocenters. The van der Waals surface area contributed by atoms with Crippen molar-refractivity contribution in [3.63, 3.8) is 0 Å². The summed E-state index contributed by atoms with van der Waals surface area (Å²) in [6.07, 6.45) is 11.2. The Morgan fingerprint density at radius 3 is 2.81 bits per heavy atom. The van der Waals surface area contributed by atoms with E-state index in [-0.39, 0.29) is 5.56 Å². The third-order valence-electron chi connectivity index (χ3n) is 5.31. The van der Waals surface area contributed by atoms with E-state index in [0.717, 1.165) is 48.5 Å².